The topological polar surface area (TPSA) is 99.1 Å². The van der Waals surface area contributed by atoms with Gasteiger partial charge in [0.05, 0.1) is 21.4 Å². The SMILES string of the molecule is CCC1CCc2sc(C(=O)NNS(=O)(=O)c3cccc(C#N)c3)cc2C1. The van der Waals surface area contributed by atoms with Gasteiger partial charge in [0.25, 0.3) is 15.9 Å². The third-order valence-corrected chi connectivity index (χ3v) is 7.04. The maximum absolute atomic E-state index is 12.3. The van der Waals surface area contributed by atoms with Crippen LogP contribution in [0.5, 0.6) is 0 Å². The molecule has 1 aliphatic carbocycles. The summed E-state index contributed by atoms with van der Waals surface area (Å²) in [7, 11) is -3.94. The minimum atomic E-state index is -3.94. The highest BCUT2D eigenvalue weighted by molar-refractivity contribution is 7.89. The number of nitrogens with zero attached hydrogens (tertiary/aromatic N) is 1. The highest BCUT2D eigenvalue weighted by atomic mass is 32.2. The molecule has 0 saturated heterocycles. The summed E-state index contributed by atoms with van der Waals surface area (Å²) in [5.41, 5.74) is 3.69. The average Bonchev–Trinajstić information content (AvgIpc) is 3.09. The van der Waals surface area contributed by atoms with Crippen molar-refractivity contribution in [3.05, 3.63) is 51.2 Å². The lowest BCUT2D eigenvalue weighted by atomic mass is 9.87. The molecule has 1 heterocycles. The molecule has 6 nitrogen and oxygen atoms in total. The van der Waals surface area contributed by atoms with E-state index < -0.39 is 15.9 Å². The van der Waals surface area contributed by atoms with E-state index in [0.29, 0.717) is 10.8 Å². The number of aryl methyl sites for hydroxylation is 1. The molecule has 0 radical (unpaired) electrons. The Morgan fingerprint density at radius 3 is 2.92 bits per heavy atom. The number of nitrogens with one attached hydrogen (secondary N) is 2. The van der Waals surface area contributed by atoms with Crippen LogP contribution in [0.4, 0.5) is 0 Å². The van der Waals surface area contributed by atoms with E-state index >= 15 is 0 Å². The zero-order chi connectivity index (χ0) is 18.7. The first kappa shape index (κ1) is 18.6. The van der Waals surface area contributed by atoms with Gasteiger partial charge in [0.1, 0.15) is 0 Å². The van der Waals surface area contributed by atoms with Crippen molar-refractivity contribution in [1.29, 1.82) is 5.26 Å². The number of fused-ring (bicyclic) bond motifs is 1. The summed E-state index contributed by atoms with van der Waals surface area (Å²) < 4.78 is 24.6. The minimum Gasteiger partial charge on any atom is -0.273 e. The normalized spacial score (nSPS) is 16.5. The van der Waals surface area contributed by atoms with Gasteiger partial charge < -0.3 is 0 Å². The Morgan fingerprint density at radius 2 is 2.19 bits per heavy atom. The van der Waals surface area contributed by atoms with Crippen LogP contribution in [0.2, 0.25) is 0 Å². The summed E-state index contributed by atoms with van der Waals surface area (Å²) in [5.74, 6) is 0.177. The predicted molar refractivity (Wildman–Crippen MR) is 99.1 cm³/mol. The van der Waals surface area contributed by atoms with Crippen molar-refractivity contribution in [3.8, 4) is 6.07 Å². The Kier molecular flexibility index (Phi) is 5.41. The summed E-state index contributed by atoms with van der Waals surface area (Å²) in [6.45, 7) is 2.17. The molecule has 0 spiro atoms. The number of nitriles is 1. The molecule has 0 aliphatic heterocycles. The smallest absolute Gasteiger partial charge is 0.273 e. The Morgan fingerprint density at radius 1 is 1.38 bits per heavy atom. The number of benzene rings is 1. The van der Waals surface area contributed by atoms with Crippen LogP contribution in [0, 0.1) is 17.2 Å². The van der Waals surface area contributed by atoms with Crippen molar-refractivity contribution < 1.29 is 13.2 Å². The van der Waals surface area contributed by atoms with Gasteiger partial charge in [-0.25, -0.2) is 8.42 Å². The molecule has 1 aliphatic rings. The van der Waals surface area contributed by atoms with Gasteiger partial charge >= 0.3 is 0 Å². The monoisotopic (exact) mass is 389 g/mol. The summed E-state index contributed by atoms with van der Waals surface area (Å²) >= 11 is 1.42. The largest absolute Gasteiger partial charge is 0.276 e. The van der Waals surface area contributed by atoms with E-state index in [9.17, 15) is 13.2 Å². The number of hydrogen-bond donors (Lipinski definition) is 2. The molecule has 136 valence electrons. The Hall–Kier alpha value is -2.21. The maximum atomic E-state index is 12.3. The number of thiophene rings is 1. The van der Waals surface area contributed by atoms with E-state index in [1.165, 1.54) is 46.0 Å². The molecule has 8 heteroatoms. The molecule has 0 fully saturated rings. The second kappa shape index (κ2) is 7.58. The average molecular weight is 390 g/mol. The Bertz CT molecular complexity index is 974. The molecule has 1 amide bonds. The maximum Gasteiger partial charge on any atom is 0.276 e. The van der Waals surface area contributed by atoms with Gasteiger partial charge in [-0.3, -0.25) is 10.2 Å². The zero-order valence-corrected chi connectivity index (χ0v) is 15.9. The van der Waals surface area contributed by atoms with Crippen molar-refractivity contribution in [3.63, 3.8) is 0 Å². The van der Waals surface area contributed by atoms with Gasteiger partial charge in [-0.1, -0.05) is 19.4 Å². The standard InChI is InChI=1S/C18H19N3O3S2/c1-2-12-6-7-16-14(8-12)10-17(25-16)18(22)20-21-26(23,24)15-5-3-4-13(9-15)11-19/h3-5,9-10,12,21H,2,6-8H2,1H3,(H,20,22). The van der Waals surface area contributed by atoms with Crippen LogP contribution < -0.4 is 10.3 Å². The summed E-state index contributed by atoms with van der Waals surface area (Å²) in [6.07, 6.45) is 4.20. The number of hydrazine groups is 1. The molecule has 2 aromatic rings. The Balaban J connectivity index is 1.69. The number of rotatable bonds is 5. The molecule has 0 saturated carbocycles. The fraction of sp³-hybridized carbons (Fsp3) is 0.333. The summed E-state index contributed by atoms with van der Waals surface area (Å²) in [4.78, 5) is 16.1. The number of carbonyl (C=O) groups excluding carboxylic acids is 1. The van der Waals surface area contributed by atoms with Crippen LogP contribution in [0.1, 0.15) is 45.4 Å². The van der Waals surface area contributed by atoms with Crippen molar-refractivity contribution in [2.24, 2.45) is 5.92 Å². The first-order valence-corrected chi connectivity index (χ1v) is 10.7. The van der Waals surface area contributed by atoms with Crippen molar-refractivity contribution in [2.75, 3.05) is 0 Å². The molecular weight excluding hydrogens is 370 g/mol. The van der Waals surface area contributed by atoms with Crippen molar-refractivity contribution in [2.45, 2.75) is 37.5 Å². The van der Waals surface area contributed by atoms with Crippen molar-refractivity contribution in [1.82, 2.24) is 10.3 Å². The molecule has 0 bridgehead atoms. The fourth-order valence-electron chi connectivity index (χ4n) is 3.03. The third-order valence-electron chi connectivity index (χ3n) is 4.56. The van der Waals surface area contributed by atoms with Gasteiger partial charge in [-0.2, -0.15) is 5.26 Å². The van der Waals surface area contributed by atoms with E-state index in [0.717, 1.165) is 25.7 Å². The lowest BCUT2D eigenvalue weighted by Crippen LogP contribution is -2.41. The predicted octanol–water partition coefficient (Wildman–Crippen LogP) is 2.76. The quantitative estimate of drug-likeness (QED) is 0.768. The lowest BCUT2D eigenvalue weighted by molar-refractivity contribution is 0.0949. The number of carbonyl (C=O) groups is 1. The van der Waals surface area contributed by atoms with Crippen LogP contribution in [0.15, 0.2) is 35.2 Å². The molecule has 1 unspecified atom stereocenters. The third kappa shape index (κ3) is 3.96. The molecule has 26 heavy (non-hydrogen) atoms. The van der Waals surface area contributed by atoms with Gasteiger partial charge in [0, 0.05) is 4.88 Å². The van der Waals surface area contributed by atoms with Gasteiger partial charge in [0.2, 0.25) is 0 Å². The second-order valence-corrected chi connectivity index (χ2v) is 9.09. The molecule has 1 atom stereocenters. The number of hydrogen-bond acceptors (Lipinski definition) is 5. The first-order chi connectivity index (χ1) is 12.4. The van der Waals surface area contributed by atoms with Crippen LogP contribution in [-0.2, 0) is 22.9 Å². The van der Waals surface area contributed by atoms with E-state index in [1.54, 1.807) is 0 Å². The van der Waals surface area contributed by atoms with Crippen LogP contribution in [-0.4, -0.2) is 14.3 Å². The highest BCUT2D eigenvalue weighted by Crippen LogP contribution is 2.33. The van der Waals surface area contributed by atoms with Crippen LogP contribution >= 0.6 is 11.3 Å². The summed E-state index contributed by atoms with van der Waals surface area (Å²) in [5, 5.41) is 8.88. The first-order valence-electron chi connectivity index (χ1n) is 8.37. The second-order valence-electron chi connectivity index (χ2n) is 6.28. The number of sulfonamides is 1. The van der Waals surface area contributed by atoms with Gasteiger partial charge in [-0.05, 0) is 55.0 Å². The zero-order valence-electron chi connectivity index (χ0n) is 14.3. The van der Waals surface area contributed by atoms with Gasteiger partial charge in [0.15, 0.2) is 0 Å². The minimum absolute atomic E-state index is 0.0758. The van der Waals surface area contributed by atoms with E-state index in [2.05, 4.69) is 17.2 Å². The van der Waals surface area contributed by atoms with Crippen LogP contribution in [0.25, 0.3) is 0 Å². The molecule has 3 rings (SSSR count). The van der Waals surface area contributed by atoms with Crippen LogP contribution in [0.3, 0.4) is 0 Å². The highest BCUT2D eigenvalue weighted by Gasteiger charge is 2.23. The molecule has 1 aromatic heterocycles. The van der Waals surface area contributed by atoms with E-state index in [-0.39, 0.29) is 10.5 Å². The number of amides is 1. The van der Waals surface area contributed by atoms with Crippen molar-refractivity contribution >= 4 is 27.3 Å². The lowest BCUT2D eigenvalue weighted by Gasteiger charge is -2.19. The molecule has 1 aromatic carbocycles. The Labute approximate surface area is 156 Å². The summed E-state index contributed by atoms with van der Waals surface area (Å²) in [6, 6.07) is 9.36. The van der Waals surface area contributed by atoms with E-state index in [1.807, 2.05) is 12.1 Å². The van der Waals surface area contributed by atoms with Gasteiger partial charge in [-0.15, -0.1) is 16.2 Å². The van der Waals surface area contributed by atoms with E-state index in [4.69, 9.17) is 5.26 Å². The molecular formula is C18H19N3O3S2. The molecule has 2 N–H and O–H groups in total. The fourth-order valence-corrected chi connectivity index (χ4v) is 5.01.